The number of amides is 2. The molecule has 2 amide bonds. The minimum atomic E-state index is -0.160. The molecule has 3 rings (SSSR count). The van der Waals surface area contributed by atoms with Gasteiger partial charge in [0, 0.05) is 25.2 Å². The van der Waals surface area contributed by atoms with Crippen LogP contribution < -0.4 is 19.5 Å². The monoisotopic (exact) mass is 430 g/mol. The van der Waals surface area contributed by atoms with Gasteiger partial charge in [0.25, 0.3) is 0 Å². The van der Waals surface area contributed by atoms with Crippen molar-refractivity contribution in [2.75, 3.05) is 38.4 Å². The van der Waals surface area contributed by atoms with Crippen LogP contribution in [0.1, 0.15) is 24.3 Å². The molecule has 1 saturated heterocycles. The number of anilines is 1. The zero-order valence-corrected chi connectivity index (χ0v) is 18.2. The van der Waals surface area contributed by atoms with Gasteiger partial charge in [-0.15, -0.1) is 11.8 Å². The summed E-state index contributed by atoms with van der Waals surface area (Å²) < 4.78 is 16.8. The number of nitrogens with zero attached hydrogens (tertiary/aromatic N) is 1. The molecular formula is C22H26N2O5S. The van der Waals surface area contributed by atoms with Gasteiger partial charge in [-0.3, -0.25) is 9.59 Å². The lowest BCUT2D eigenvalue weighted by Gasteiger charge is -2.26. The molecule has 2 aromatic carbocycles. The highest BCUT2D eigenvalue weighted by molar-refractivity contribution is 8.00. The van der Waals surface area contributed by atoms with Crippen LogP contribution in [0.3, 0.4) is 0 Å². The van der Waals surface area contributed by atoms with Gasteiger partial charge in [0.2, 0.25) is 11.8 Å². The molecule has 0 aliphatic carbocycles. The van der Waals surface area contributed by atoms with E-state index in [1.807, 2.05) is 35.2 Å². The first-order valence-corrected chi connectivity index (χ1v) is 10.7. The van der Waals surface area contributed by atoms with Crippen LogP contribution in [0, 0.1) is 0 Å². The second-order valence-electron chi connectivity index (χ2n) is 6.74. The average molecular weight is 431 g/mol. The summed E-state index contributed by atoms with van der Waals surface area (Å²) in [5.41, 5.74) is 1.57. The number of methoxy groups -OCH3 is 2. The molecule has 1 heterocycles. The zero-order valence-electron chi connectivity index (χ0n) is 17.3. The summed E-state index contributed by atoms with van der Waals surface area (Å²) in [5, 5.41) is 2.57. The molecule has 0 aromatic heterocycles. The maximum absolute atomic E-state index is 12.5. The van der Waals surface area contributed by atoms with E-state index in [-0.39, 0.29) is 17.2 Å². The molecule has 30 heavy (non-hydrogen) atoms. The van der Waals surface area contributed by atoms with E-state index >= 15 is 0 Å². The highest BCUT2D eigenvalue weighted by Crippen LogP contribution is 2.46. The van der Waals surface area contributed by atoms with Gasteiger partial charge in [-0.1, -0.05) is 12.1 Å². The fourth-order valence-corrected chi connectivity index (χ4v) is 4.62. The summed E-state index contributed by atoms with van der Waals surface area (Å²) in [5.74, 6) is 2.47. The third kappa shape index (κ3) is 5.18. The molecule has 1 unspecified atom stereocenters. The Labute approximate surface area is 180 Å². The molecule has 0 saturated carbocycles. The number of benzene rings is 2. The maximum Gasteiger partial charge on any atom is 0.233 e. The normalized spacial score (nSPS) is 15.8. The van der Waals surface area contributed by atoms with E-state index in [4.69, 9.17) is 14.2 Å². The van der Waals surface area contributed by atoms with Gasteiger partial charge in [-0.2, -0.15) is 0 Å². The fraction of sp³-hybridized carbons (Fsp3) is 0.364. The van der Waals surface area contributed by atoms with Crippen molar-refractivity contribution < 1.29 is 23.8 Å². The van der Waals surface area contributed by atoms with Gasteiger partial charge in [0.1, 0.15) is 22.6 Å². The first-order valence-electron chi connectivity index (χ1n) is 9.66. The van der Waals surface area contributed by atoms with E-state index in [2.05, 4.69) is 5.32 Å². The zero-order chi connectivity index (χ0) is 21.5. The van der Waals surface area contributed by atoms with Crippen molar-refractivity contribution in [1.82, 2.24) is 4.90 Å². The number of rotatable bonds is 9. The summed E-state index contributed by atoms with van der Waals surface area (Å²) >= 11 is 1.57. The van der Waals surface area contributed by atoms with Crippen molar-refractivity contribution >= 4 is 29.3 Å². The number of carbonyl (C=O) groups is 2. The van der Waals surface area contributed by atoms with Crippen LogP contribution in [0.2, 0.25) is 0 Å². The highest BCUT2D eigenvalue weighted by atomic mass is 32.2. The molecule has 1 N–H and O–H groups in total. The second-order valence-corrected chi connectivity index (χ2v) is 7.81. The van der Waals surface area contributed by atoms with E-state index in [9.17, 15) is 9.59 Å². The van der Waals surface area contributed by atoms with Crippen molar-refractivity contribution in [2.24, 2.45) is 0 Å². The van der Waals surface area contributed by atoms with Crippen molar-refractivity contribution in [3.05, 3.63) is 48.0 Å². The van der Waals surface area contributed by atoms with Crippen molar-refractivity contribution in [1.29, 1.82) is 0 Å². The number of hydrogen-bond donors (Lipinski definition) is 1. The molecule has 0 bridgehead atoms. The fourth-order valence-electron chi connectivity index (χ4n) is 3.35. The predicted molar refractivity (Wildman–Crippen MR) is 117 cm³/mol. The van der Waals surface area contributed by atoms with Crippen LogP contribution in [0.5, 0.6) is 17.2 Å². The van der Waals surface area contributed by atoms with E-state index in [0.29, 0.717) is 48.3 Å². The molecule has 7 nitrogen and oxygen atoms in total. The molecule has 2 aromatic rings. The Kier molecular flexibility index (Phi) is 7.46. The molecule has 160 valence electrons. The topological polar surface area (TPSA) is 77.1 Å². The van der Waals surface area contributed by atoms with Crippen molar-refractivity contribution in [2.45, 2.75) is 18.7 Å². The van der Waals surface area contributed by atoms with Crippen LogP contribution >= 0.6 is 11.8 Å². The van der Waals surface area contributed by atoms with Crippen LogP contribution in [0.15, 0.2) is 42.5 Å². The Bertz CT molecular complexity index is 883. The number of hydrogen-bond acceptors (Lipinski definition) is 6. The van der Waals surface area contributed by atoms with Crippen LogP contribution in [-0.4, -0.2) is 49.8 Å². The molecule has 0 radical (unpaired) electrons. The Hall–Kier alpha value is -2.87. The van der Waals surface area contributed by atoms with Crippen molar-refractivity contribution in [3.63, 3.8) is 0 Å². The minimum absolute atomic E-state index is 0.0885. The lowest BCUT2D eigenvalue weighted by Crippen LogP contribution is -2.30. The van der Waals surface area contributed by atoms with E-state index < -0.39 is 0 Å². The van der Waals surface area contributed by atoms with Gasteiger partial charge < -0.3 is 24.4 Å². The first-order chi connectivity index (χ1) is 14.5. The van der Waals surface area contributed by atoms with Gasteiger partial charge in [-0.05, 0) is 30.7 Å². The van der Waals surface area contributed by atoms with Crippen LogP contribution in [0.4, 0.5) is 5.69 Å². The van der Waals surface area contributed by atoms with Crippen molar-refractivity contribution in [3.8, 4) is 17.2 Å². The summed E-state index contributed by atoms with van der Waals surface area (Å²) in [6, 6.07) is 12.9. The van der Waals surface area contributed by atoms with Gasteiger partial charge in [0.15, 0.2) is 0 Å². The Morgan fingerprint density at radius 2 is 1.87 bits per heavy atom. The number of carbonyl (C=O) groups excluding carboxylic acids is 2. The maximum atomic E-state index is 12.5. The Morgan fingerprint density at radius 3 is 2.53 bits per heavy atom. The molecule has 1 aliphatic rings. The average Bonchev–Trinajstić information content (AvgIpc) is 3.10. The summed E-state index contributed by atoms with van der Waals surface area (Å²) in [6.45, 7) is 2.47. The number of thioether (sulfide) groups is 1. The quantitative estimate of drug-likeness (QED) is 0.611. The summed E-state index contributed by atoms with van der Waals surface area (Å²) in [6.07, 6.45) is 0.671. The Morgan fingerprint density at radius 1 is 1.17 bits per heavy atom. The van der Waals surface area contributed by atoms with E-state index in [1.165, 1.54) is 6.92 Å². The summed E-state index contributed by atoms with van der Waals surface area (Å²) in [4.78, 5) is 25.6. The molecule has 1 fully saturated rings. The SMILES string of the molecule is COc1cccc(OC)c1C1SCC(=O)N1CCCOc1cccc(NC(C)=O)c1. The molecular weight excluding hydrogens is 404 g/mol. The van der Waals surface area contributed by atoms with E-state index in [0.717, 1.165) is 5.56 Å². The number of ether oxygens (including phenoxy) is 3. The van der Waals surface area contributed by atoms with Gasteiger partial charge >= 0.3 is 0 Å². The third-order valence-electron chi connectivity index (χ3n) is 4.65. The minimum Gasteiger partial charge on any atom is -0.496 e. The van der Waals surface area contributed by atoms with Gasteiger partial charge in [-0.25, -0.2) is 0 Å². The van der Waals surface area contributed by atoms with Gasteiger partial charge in [0.05, 0.1) is 32.1 Å². The van der Waals surface area contributed by atoms with Crippen LogP contribution in [0.25, 0.3) is 0 Å². The third-order valence-corrected chi connectivity index (χ3v) is 5.87. The summed E-state index contributed by atoms with van der Waals surface area (Å²) in [7, 11) is 3.24. The number of nitrogens with one attached hydrogen (secondary N) is 1. The molecule has 1 aliphatic heterocycles. The highest BCUT2D eigenvalue weighted by Gasteiger charge is 2.36. The van der Waals surface area contributed by atoms with E-state index in [1.54, 1.807) is 38.1 Å². The lowest BCUT2D eigenvalue weighted by atomic mass is 10.1. The molecule has 1 atom stereocenters. The lowest BCUT2D eigenvalue weighted by molar-refractivity contribution is -0.128. The molecule has 8 heteroatoms. The van der Waals surface area contributed by atoms with Crippen LogP contribution in [-0.2, 0) is 9.59 Å². The Balaban J connectivity index is 1.62. The molecule has 0 spiro atoms. The second kappa shape index (κ2) is 10.2. The largest absolute Gasteiger partial charge is 0.496 e. The smallest absolute Gasteiger partial charge is 0.233 e. The first kappa shape index (κ1) is 21.8. The predicted octanol–water partition coefficient (Wildman–Crippen LogP) is 3.71. The standard InChI is InChI=1S/C22H26N2O5S/c1-15(25)23-16-7-4-8-17(13-16)29-12-6-11-24-20(26)14-30-22(24)21-18(27-2)9-5-10-19(21)28-3/h4-5,7-10,13,22H,6,11-12,14H2,1-3H3,(H,23,25).